The molecule has 0 aromatic carbocycles. The number of nitrogens with one attached hydrogen (secondary N) is 1. The molecule has 0 radical (unpaired) electrons. The van der Waals surface area contributed by atoms with Gasteiger partial charge in [-0.05, 0) is 150 Å². The number of fused-ring (bicyclic) bond motifs is 3. The van der Waals surface area contributed by atoms with Gasteiger partial charge in [0.05, 0.1) is 6.10 Å². The number of hydrogen-bond acceptors (Lipinski definition) is 2. The summed E-state index contributed by atoms with van der Waals surface area (Å²) in [6, 6.07) is 0. The lowest BCUT2D eigenvalue weighted by molar-refractivity contribution is -0.0883. The highest BCUT2D eigenvalue weighted by Crippen LogP contribution is 2.74. The molecule has 35 heavy (non-hydrogen) atoms. The van der Waals surface area contributed by atoms with Crippen molar-refractivity contribution in [2.75, 3.05) is 0 Å². The lowest BCUT2D eigenvalue weighted by Gasteiger charge is -2.65. The van der Waals surface area contributed by atoms with Crippen LogP contribution >= 0.6 is 0 Å². The van der Waals surface area contributed by atoms with Crippen LogP contribution in [0.25, 0.3) is 0 Å². The zero-order valence-corrected chi connectivity index (χ0v) is 22.9. The summed E-state index contributed by atoms with van der Waals surface area (Å²) in [5.74, 6) is 4.03. The van der Waals surface area contributed by atoms with Crippen LogP contribution in [0.5, 0.6) is 0 Å². The predicted molar refractivity (Wildman–Crippen MR) is 144 cm³/mol. The normalized spacial score (nSPS) is 54.6. The van der Waals surface area contributed by atoms with Crippen molar-refractivity contribution >= 4 is 0 Å². The van der Waals surface area contributed by atoms with E-state index in [0.29, 0.717) is 16.7 Å². The zero-order valence-electron chi connectivity index (χ0n) is 22.9. The summed E-state index contributed by atoms with van der Waals surface area (Å²) in [7, 11) is 0. The number of allylic oxidation sites excluding steroid dienone is 4. The third-order valence-electron chi connectivity index (χ3n) is 13.7. The lowest BCUT2D eigenvalue weighted by atomic mass is 9.49. The van der Waals surface area contributed by atoms with Crippen LogP contribution in [0.1, 0.15) is 111 Å². The molecular weight excluding hydrogens is 426 g/mol. The summed E-state index contributed by atoms with van der Waals surface area (Å²) in [4.78, 5) is 0. The molecule has 7 rings (SSSR count). The van der Waals surface area contributed by atoms with Crippen LogP contribution in [0.2, 0.25) is 0 Å². The molecule has 0 aromatic heterocycles. The summed E-state index contributed by atoms with van der Waals surface area (Å²) >= 11 is 0. The number of hydrogen-bond donors (Lipinski definition) is 2. The van der Waals surface area contributed by atoms with E-state index in [1.807, 2.05) is 0 Å². The third kappa shape index (κ3) is 2.91. The van der Waals surface area contributed by atoms with Gasteiger partial charge in [0.2, 0.25) is 0 Å². The first-order valence-corrected chi connectivity index (χ1v) is 15.1. The number of piperidine rings is 2. The van der Waals surface area contributed by atoms with Crippen molar-refractivity contribution in [3.8, 4) is 0 Å². The van der Waals surface area contributed by atoms with Gasteiger partial charge in [0, 0.05) is 11.1 Å². The maximum absolute atomic E-state index is 10.7. The van der Waals surface area contributed by atoms with E-state index in [1.54, 1.807) is 16.7 Å². The van der Waals surface area contributed by atoms with Crippen molar-refractivity contribution in [1.29, 1.82) is 0 Å². The van der Waals surface area contributed by atoms with Crippen LogP contribution in [-0.2, 0) is 0 Å². The fraction of sp³-hybridized carbons (Fsp3) is 0.818. The Hall–Kier alpha value is -0.860. The largest absolute Gasteiger partial charge is 0.393 e. The molecule has 192 valence electrons. The molecule has 2 N–H and O–H groups in total. The smallest absolute Gasteiger partial charge is 0.0543 e. The minimum absolute atomic E-state index is 0.0520. The second-order valence-corrected chi connectivity index (χ2v) is 15.0. The number of rotatable bonds is 2. The molecule has 10 atom stereocenters. The van der Waals surface area contributed by atoms with Crippen LogP contribution in [-0.4, -0.2) is 22.3 Å². The molecule has 2 aliphatic heterocycles. The second-order valence-electron chi connectivity index (χ2n) is 15.0. The first-order chi connectivity index (χ1) is 16.6. The molecule has 2 saturated heterocycles. The molecule has 0 amide bonds. The molecule has 7 aliphatic rings. The van der Waals surface area contributed by atoms with E-state index in [0.717, 1.165) is 36.5 Å². The van der Waals surface area contributed by atoms with E-state index in [9.17, 15) is 5.11 Å². The minimum atomic E-state index is -0.0520. The van der Waals surface area contributed by atoms with Crippen LogP contribution in [0.15, 0.2) is 34.9 Å². The van der Waals surface area contributed by atoms with Crippen molar-refractivity contribution < 1.29 is 5.11 Å². The minimum Gasteiger partial charge on any atom is -0.393 e. The Kier molecular flexibility index (Phi) is 4.90. The monoisotopic (exact) mass is 475 g/mol. The van der Waals surface area contributed by atoms with Crippen molar-refractivity contribution in [1.82, 2.24) is 5.32 Å². The van der Waals surface area contributed by atoms with Gasteiger partial charge in [0.25, 0.3) is 0 Å². The van der Waals surface area contributed by atoms with Gasteiger partial charge in [-0.15, -0.1) is 0 Å². The molecular formula is C33H49NO. The molecule has 6 fully saturated rings. The van der Waals surface area contributed by atoms with Crippen LogP contribution in [0.4, 0.5) is 0 Å². The molecule has 0 unspecified atom stereocenters. The highest BCUT2D eigenvalue weighted by molar-refractivity contribution is 5.45. The van der Waals surface area contributed by atoms with Gasteiger partial charge in [-0.2, -0.15) is 0 Å². The molecule has 4 saturated carbocycles. The molecule has 1 spiro atoms. The first-order valence-electron chi connectivity index (χ1n) is 15.1. The summed E-state index contributed by atoms with van der Waals surface area (Å²) in [5, 5.41) is 15.3. The van der Waals surface area contributed by atoms with E-state index in [4.69, 9.17) is 0 Å². The van der Waals surface area contributed by atoms with E-state index in [1.165, 1.54) is 76.2 Å². The van der Waals surface area contributed by atoms with Crippen molar-refractivity contribution in [2.24, 2.45) is 40.4 Å². The van der Waals surface area contributed by atoms with Gasteiger partial charge in [-0.25, -0.2) is 0 Å². The quantitative estimate of drug-likeness (QED) is 0.405. The zero-order chi connectivity index (χ0) is 24.4. The van der Waals surface area contributed by atoms with E-state index in [-0.39, 0.29) is 17.2 Å². The Labute approximate surface area is 214 Å². The molecule has 2 heterocycles. The van der Waals surface area contributed by atoms with Gasteiger partial charge < -0.3 is 10.4 Å². The Bertz CT molecular complexity index is 1020. The van der Waals surface area contributed by atoms with Crippen LogP contribution in [0.3, 0.4) is 0 Å². The molecule has 2 bridgehead atoms. The topological polar surface area (TPSA) is 32.3 Å². The van der Waals surface area contributed by atoms with Crippen LogP contribution < -0.4 is 5.32 Å². The van der Waals surface area contributed by atoms with Crippen molar-refractivity contribution in [2.45, 2.75) is 128 Å². The van der Waals surface area contributed by atoms with Crippen molar-refractivity contribution in [3.63, 3.8) is 0 Å². The summed E-state index contributed by atoms with van der Waals surface area (Å²) < 4.78 is 0. The molecule has 2 nitrogen and oxygen atoms in total. The standard InChI is InChI=1S/C33H49NO/c1-20(2)22-8-10-30(4)19-26(14-21(3)28(30)16-22)32-11-9-24-17-25-15-23-6-7-27(35)18-29(23)33(25,13-12-32)31(24,5)34-32/h14,22-25,27,29,34-35H,1,6-13,15-19H2,2-5H3/t22-,23-,24+,25+,27+,29-,30+,31+,32-,33-/m1/s1. The lowest BCUT2D eigenvalue weighted by Crippen LogP contribution is -2.73. The fourth-order valence-corrected chi connectivity index (χ4v) is 12.0. The third-order valence-corrected chi connectivity index (χ3v) is 13.7. The van der Waals surface area contributed by atoms with Gasteiger partial charge >= 0.3 is 0 Å². The Morgan fingerprint density at radius 3 is 2.63 bits per heavy atom. The average molecular weight is 476 g/mol. The number of aliphatic hydroxyl groups is 1. The second kappa shape index (κ2) is 7.37. The summed E-state index contributed by atoms with van der Waals surface area (Å²) in [5.41, 5.74) is 7.66. The van der Waals surface area contributed by atoms with Gasteiger partial charge in [-0.3, -0.25) is 0 Å². The summed E-state index contributed by atoms with van der Waals surface area (Å²) in [6.45, 7) is 14.2. The fourth-order valence-electron chi connectivity index (χ4n) is 12.0. The molecule has 2 heteroatoms. The predicted octanol–water partition coefficient (Wildman–Crippen LogP) is 7.49. The highest BCUT2D eigenvalue weighted by Gasteiger charge is 2.74. The van der Waals surface area contributed by atoms with Gasteiger partial charge in [0.1, 0.15) is 0 Å². The molecule has 0 aromatic rings. The Morgan fingerprint density at radius 2 is 1.83 bits per heavy atom. The van der Waals surface area contributed by atoms with E-state index >= 15 is 0 Å². The maximum atomic E-state index is 10.7. The first kappa shape index (κ1) is 23.3. The van der Waals surface area contributed by atoms with Gasteiger partial charge in [-0.1, -0.05) is 36.3 Å². The highest BCUT2D eigenvalue weighted by atomic mass is 16.3. The Balaban J connectivity index is 1.25. The van der Waals surface area contributed by atoms with Crippen molar-refractivity contribution in [3.05, 3.63) is 34.9 Å². The number of aliphatic hydroxyl groups excluding tert-OH is 1. The average Bonchev–Trinajstić information content (AvgIpc) is 3.27. The van der Waals surface area contributed by atoms with Gasteiger partial charge in [0.15, 0.2) is 0 Å². The van der Waals surface area contributed by atoms with Crippen LogP contribution in [0, 0.1) is 40.4 Å². The van der Waals surface area contributed by atoms with E-state index < -0.39 is 0 Å². The SMILES string of the molecule is C=C(C)[C@@H]1CC[C@@]2(C)CC([C@@]34CC[C@H]5C[C@@H]6C[C@H]7CC[C@H](O)C[C@H]7[C@]6(CC3)[C@@]5(C)N4)=CC(C)=C2C1. The Morgan fingerprint density at radius 1 is 1.00 bits per heavy atom. The summed E-state index contributed by atoms with van der Waals surface area (Å²) in [6.07, 6.45) is 19.5. The maximum Gasteiger partial charge on any atom is 0.0543 e. The van der Waals surface area contributed by atoms with E-state index in [2.05, 4.69) is 45.7 Å². The molecule has 5 aliphatic carbocycles.